The summed E-state index contributed by atoms with van der Waals surface area (Å²) in [6.07, 6.45) is 4.61. The highest BCUT2D eigenvalue weighted by Crippen LogP contribution is 2.33. The Bertz CT molecular complexity index is 1420. The molecule has 0 aliphatic carbocycles. The molecule has 3 aromatic carbocycles. The molecule has 0 unspecified atom stereocenters. The van der Waals surface area contributed by atoms with Gasteiger partial charge in [0.25, 0.3) is 5.56 Å². The molecule has 196 valence electrons. The summed E-state index contributed by atoms with van der Waals surface area (Å²) in [6.45, 7) is 5.42. The lowest BCUT2D eigenvalue weighted by Gasteiger charge is -2.14. The number of aromatic nitrogens is 1. The van der Waals surface area contributed by atoms with Crippen LogP contribution in [0.4, 0.5) is 0 Å². The molecule has 0 aliphatic heterocycles. The zero-order valence-electron chi connectivity index (χ0n) is 22.2. The van der Waals surface area contributed by atoms with Gasteiger partial charge in [-0.1, -0.05) is 60.7 Å². The minimum Gasteiger partial charge on any atom is -0.494 e. The number of carbonyl (C=O) groups is 1. The van der Waals surface area contributed by atoms with Gasteiger partial charge < -0.3 is 14.0 Å². The van der Waals surface area contributed by atoms with Crippen molar-refractivity contribution in [3.8, 4) is 28.0 Å². The number of nitrogens with zero attached hydrogens (tertiary/aromatic N) is 1. The lowest BCUT2D eigenvalue weighted by Crippen LogP contribution is -2.19. The van der Waals surface area contributed by atoms with Crippen LogP contribution in [0.1, 0.15) is 37.3 Å². The molecule has 0 aliphatic rings. The van der Waals surface area contributed by atoms with Crippen LogP contribution in [0.25, 0.3) is 22.3 Å². The summed E-state index contributed by atoms with van der Waals surface area (Å²) < 4.78 is 12.6. The van der Waals surface area contributed by atoms with Crippen molar-refractivity contribution < 1.29 is 14.3 Å². The first-order valence-corrected chi connectivity index (χ1v) is 13.3. The smallest absolute Gasteiger partial charge is 0.305 e. The summed E-state index contributed by atoms with van der Waals surface area (Å²) in [5.41, 5.74) is 6.88. The lowest BCUT2D eigenvalue weighted by atomic mass is 9.93. The maximum atomic E-state index is 12.7. The quantitative estimate of drug-likeness (QED) is 0.155. The molecule has 0 saturated heterocycles. The third kappa shape index (κ3) is 7.22. The van der Waals surface area contributed by atoms with Gasteiger partial charge in [0.05, 0.1) is 13.2 Å². The summed E-state index contributed by atoms with van der Waals surface area (Å²) in [4.78, 5) is 24.1. The van der Waals surface area contributed by atoms with E-state index < -0.39 is 0 Å². The first kappa shape index (κ1) is 26.9. The first-order valence-electron chi connectivity index (χ1n) is 13.3. The molecule has 0 N–H and O–H groups in total. The van der Waals surface area contributed by atoms with Gasteiger partial charge in [0.15, 0.2) is 0 Å². The van der Waals surface area contributed by atoms with Crippen molar-refractivity contribution in [3.63, 3.8) is 0 Å². The maximum Gasteiger partial charge on any atom is 0.305 e. The van der Waals surface area contributed by atoms with Crippen molar-refractivity contribution in [1.29, 1.82) is 0 Å². The van der Waals surface area contributed by atoms with Gasteiger partial charge in [0, 0.05) is 25.2 Å². The van der Waals surface area contributed by atoms with E-state index in [-0.39, 0.29) is 11.5 Å². The normalized spacial score (nSPS) is 10.8. The fraction of sp³-hybridized carbons (Fsp3) is 0.273. The van der Waals surface area contributed by atoms with Gasteiger partial charge in [-0.2, -0.15) is 0 Å². The maximum absolute atomic E-state index is 12.7. The minimum absolute atomic E-state index is 0.000747. The Balaban J connectivity index is 1.39. The Hall–Kier alpha value is -4.12. The molecule has 1 aromatic heterocycles. The molecule has 4 aromatic rings. The van der Waals surface area contributed by atoms with Crippen LogP contribution < -0.4 is 10.3 Å². The Morgan fingerprint density at radius 2 is 1.61 bits per heavy atom. The molecule has 38 heavy (non-hydrogen) atoms. The summed E-state index contributed by atoms with van der Waals surface area (Å²) in [5.74, 6) is 0.598. The topological polar surface area (TPSA) is 57.5 Å². The second-order valence-electron chi connectivity index (χ2n) is 9.32. The van der Waals surface area contributed by atoms with Crippen molar-refractivity contribution in [2.24, 2.45) is 0 Å². The van der Waals surface area contributed by atoms with Crippen LogP contribution in [0, 0.1) is 6.92 Å². The van der Waals surface area contributed by atoms with Crippen molar-refractivity contribution in [3.05, 3.63) is 113 Å². The van der Waals surface area contributed by atoms with Crippen molar-refractivity contribution in [2.75, 3.05) is 13.2 Å². The van der Waals surface area contributed by atoms with Crippen LogP contribution in [0.3, 0.4) is 0 Å². The highest BCUT2D eigenvalue weighted by molar-refractivity contribution is 5.84. The number of carbonyl (C=O) groups excluding carboxylic acids is 1. The number of rotatable bonds is 12. The van der Waals surface area contributed by atoms with E-state index in [2.05, 4.69) is 55.5 Å². The van der Waals surface area contributed by atoms with Gasteiger partial charge >= 0.3 is 5.97 Å². The van der Waals surface area contributed by atoms with Crippen molar-refractivity contribution in [1.82, 2.24) is 4.57 Å². The Labute approximate surface area is 224 Å². The molecule has 0 atom stereocenters. The Morgan fingerprint density at radius 1 is 0.842 bits per heavy atom. The summed E-state index contributed by atoms with van der Waals surface area (Å²) in [7, 11) is 0. The third-order valence-corrected chi connectivity index (χ3v) is 6.52. The van der Waals surface area contributed by atoms with E-state index in [4.69, 9.17) is 9.47 Å². The van der Waals surface area contributed by atoms with Gasteiger partial charge in [-0.15, -0.1) is 0 Å². The second kappa shape index (κ2) is 13.4. The molecule has 0 saturated carbocycles. The van der Waals surface area contributed by atoms with Gasteiger partial charge in [-0.25, -0.2) is 0 Å². The number of benzene rings is 3. The van der Waals surface area contributed by atoms with E-state index in [0.717, 1.165) is 40.8 Å². The van der Waals surface area contributed by atoms with E-state index in [1.165, 1.54) is 11.1 Å². The van der Waals surface area contributed by atoms with E-state index >= 15 is 0 Å². The summed E-state index contributed by atoms with van der Waals surface area (Å²) in [6, 6.07) is 28.3. The number of esters is 1. The molecule has 0 amide bonds. The van der Waals surface area contributed by atoms with Gasteiger partial charge in [-0.05, 0) is 84.7 Å². The highest BCUT2D eigenvalue weighted by atomic mass is 16.5. The summed E-state index contributed by atoms with van der Waals surface area (Å²) >= 11 is 0. The molecule has 0 spiro atoms. The summed E-state index contributed by atoms with van der Waals surface area (Å²) in [5, 5.41) is 0. The van der Waals surface area contributed by atoms with E-state index in [9.17, 15) is 9.59 Å². The zero-order chi connectivity index (χ0) is 26.7. The molecular weight excluding hydrogens is 474 g/mol. The Kier molecular flexibility index (Phi) is 9.52. The van der Waals surface area contributed by atoms with Crippen LogP contribution >= 0.6 is 0 Å². The number of pyridine rings is 1. The lowest BCUT2D eigenvalue weighted by molar-refractivity contribution is -0.143. The standard InChI is InChI=1S/C33H35NO4/c1-3-37-33(36)18-10-22-38-28-14-8-12-26(23-28)13-9-21-34-24-27(19-20-32(34)35)30-16-6-7-17-31(30)29-15-5-4-11-25(29)2/h4-8,11-12,14-17,19-20,23-24H,3,9-10,13,18,21-22H2,1-2H3. The monoisotopic (exact) mass is 509 g/mol. The molecule has 0 fully saturated rings. The second-order valence-corrected chi connectivity index (χ2v) is 9.32. The molecule has 1 heterocycles. The first-order chi connectivity index (χ1) is 18.5. The average Bonchev–Trinajstić information content (AvgIpc) is 2.93. The third-order valence-electron chi connectivity index (χ3n) is 6.52. The van der Waals surface area contributed by atoms with Crippen molar-refractivity contribution >= 4 is 5.97 Å². The fourth-order valence-corrected chi connectivity index (χ4v) is 4.59. The van der Waals surface area contributed by atoms with E-state index in [1.807, 2.05) is 36.5 Å². The average molecular weight is 510 g/mol. The predicted octanol–water partition coefficient (Wildman–Crippen LogP) is 6.85. The molecule has 0 bridgehead atoms. The van der Waals surface area contributed by atoms with Crippen LogP contribution in [-0.4, -0.2) is 23.8 Å². The van der Waals surface area contributed by atoms with Crippen LogP contribution in [0.2, 0.25) is 0 Å². The van der Waals surface area contributed by atoms with Crippen LogP contribution in [0.15, 0.2) is 95.9 Å². The largest absolute Gasteiger partial charge is 0.494 e. The molecule has 5 nitrogen and oxygen atoms in total. The van der Waals surface area contributed by atoms with Crippen molar-refractivity contribution in [2.45, 2.75) is 46.1 Å². The predicted molar refractivity (Wildman–Crippen MR) is 152 cm³/mol. The van der Waals surface area contributed by atoms with Crippen LogP contribution in [0.5, 0.6) is 5.75 Å². The minimum atomic E-state index is -0.192. The molecule has 4 rings (SSSR count). The SMILES string of the molecule is CCOC(=O)CCCOc1cccc(CCCn2cc(-c3ccccc3-c3ccccc3C)ccc2=O)c1. The number of hydrogen-bond acceptors (Lipinski definition) is 4. The number of ether oxygens (including phenoxy) is 2. The van der Waals surface area contributed by atoms with E-state index in [1.54, 1.807) is 17.6 Å². The fourth-order valence-electron chi connectivity index (χ4n) is 4.59. The van der Waals surface area contributed by atoms with Gasteiger partial charge in [-0.3, -0.25) is 9.59 Å². The van der Waals surface area contributed by atoms with E-state index in [0.29, 0.717) is 32.6 Å². The zero-order valence-corrected chi connectivity index (χ0v) is 22.2. The van der Waals surface area contributed by atoms with Crippen LogP contribution in [-0.2, 0) is 22.5 Å². The highest BCUT2D eigenvalue weighted by Gasteiger charge is 2.10. The Morgan fingerprint density at radius 3 is 2.39 bits per heavy atom. The number of hydrogen-bond donors (Lipinski definition) is 0. The number of aryl methyl sites for hydroxylation is 3. The van der Waals surface area contributed by atoms with Gasteiger partial charge in [0.1, 0.15) is 5.75 Å². The molecule has 5 heteroatoms. The molecular formula is C33H35NO4. The molecule has 0 radical (unpaired) electrons. The van der Waals surface area contributed by atoms with Gasteiger partial charge in [0.2, 0.25) is 0 Å².